The first-order valence-corrected chi connectivity index (χ1v) is 9.35. The van der Waals surface area contributed by atoms with Crippen molar-refractivity contribution >= 4 is 23.2 Å². The molecule has 3 aliphatic rings. The third-order valence-electron chi connectivity index (χ3n) is 5.69. The van der Waals surface area contributed by atoms with E-state index in [4.69, 9.17) is 4.98 Å². The fraction of sp³-hybridized carbons (Fsp3) is 0.706. The molecule has 4 nitrogen and oxygen atoms in total. The molecular formula is C17H22N2O2S. The number of aromatic nitrogens is 1. The van der Waals surface area contributed by atoms with Gasteiger partial charge in [0.05, 0.1) is 17.7 Å². The first kappa shape index (κ1) is 14.4. The zero-order valence-corrected chi connectivity index (χ0v) is 13.7. The van der Waals surface area contributed by atoms with Crippen LogP contribution in [-0.4, -0.2) is 21.7 Å². The van der Waals surface area contributed by atoms with Crippen LogP contribution in [0.2, 0.25) is 0 Å². The molecule has 0 N–H and O–H groups in total. The highest BCUT2D eigenvalue weighted by Gasteiger charge is 2.54. The zero-order chi connectivity index (χ0) is 15.2. The lowest BCUT2D eigenvalue weighted by Crippen LogP contribution is -2.39. The smallest absolute Gasteiger partial charge is 0.236 e. The summed E-state index contributed by atoms with van der Waals surface area (Å²) in [6.45, 7) is 0.386. The number of rotatable bonds is 3. The molecule has 1 aromatic heterocycles. The fourth-order valence-electron chi connectivity index (χ4n) is 4.13. The molecule has 2 heterocycles. The van der Waals surface area contributed by atoms with Crippen molar-refractivity contribution < 1.29 is 9.59 Å². The highest BCUT2D eigenvalue weighted by molar-refractivity contribution is 7.09. The summed E-state index contributed by atoms with van der Waals surface area (Å²) in [6.07, 6.45) is 9.67. The minimum atomic E-state index is -0.333. The van der Waals surface area contributed by atoms with Gasteiger partial charge in [-0.2, -0.15) is 0 Å². The summed E-state index contributed by atoms with van der Waals surface area (Å²) in [7, 11) is 0. The van der Waals surface area contributed by atoms with Crippen molar-refractivity contribution in [1.82, 2.24) is 9.88 Å². The Hall–Kier alpha value is -1.23. The number of carbonyl (C=O) groups excluding carboxylic acids is 2. The minimum Gasteiger partial charge on any atom is -0.275 e. The van der Waals surface area contributed by atoms with E-state index in [2.05, 4.69) is 5.38 Å². The van der Waals surface area contributed by atoms with Crippen molar-refractivity contribution in [3.63, 3.8) is 0 Å². The van der Waals surface area contributed by atoms with Gasteiger partial charge in [-0.25, -0.2) is 4.98 Å². The molecular weight excluding hydrogens is 296 g/mol. The average Bonchev–Trinajstić information content (AvgIpc) is 3.06. The molecule has 2 amide bonds. The average molecular weight is 318 g/mol. The van der Waals surface area contributed by atoms with Gasteiger partial charge in [0, 0.05) is 17.7 Å². The van der Waals surface area contributed by atoms with Crippen LogP contribution in [0.5, 0.6) is 0 Å². The number of imide groups is 1. The molecule has 3 fully saturated rings. The van der Waals surface area contributed by atoms with E-state index in [-0.39, 0.29) is 17.2 Å². The van der Waals surface area contributed by atoms with Gasteiger partial charge < -0.3 is 0 Å². The molecule has 22 heavy (non-hydrogen) atoms. The standard InChI is InChI=1S/C17H22N2O2S/c20-15-9-17(7-4-8-17)16(21)19(15)10-14-18-13(11-22-14)12-5-2-1-3-6-12/h11-12H,1-10H2. The Balaban J connectivity index is 1.46. The van der Waals surface area contributed by atoms with Gasteiger partial charge in [0.25, 0.3) is 0 Å². The maximum Gasteiger partial charge on any atom is 0.236 e. The SMILES string of the molecule is O=C1CC2(CCC2)C(=O)N1Cc1nc(C2CCCCC2)cs1. The predicted octanol–water partition coefficient (Wildman–Crippen LogP) is 3.62. The number of hydrogen-bond donors (Lipinski definition) is 0. The van der Waals surface area contributed by atoms with E-state index in [0.29, 0.717) is 18.9 Å². The van der Waals surface area contributed by atoms with E-state index in [9.17, 15) is 9.59 Å². The van der Waals surface area contributed by atoms with Crippen molar-refractivity contribution in [2.45, 2.75) is 70.3 Å². The molecule has 1 aromatic rings. The molecule has 2 aliphatic carbocycles. The molecule has 1 saturated heterocycles. The van der Waals surface area contributed by atoms with Crippen LogP contribution in [0.4, 0.5) is 0 Å². The van der Waals surface area contributed by atoms with E-state index >= 15 is 0 Å². The largest absolute Gasteiger partial charge is 0.275 e. The summed E-state index contributed by atoms with van der Waals surface area (Å²) >= 11 is 1.60. The van der Waals surface area contributed by atoms with Gasteiger partial charge in [0.1, 0.15) is 5.01 Å². The van der Waals surface area contributed by atoms with Crippen molar-refractivity contribution in [3.8, 4) is 0 Å². The fourth-order valence-corrected chi connectivity index (χ4v) is 5.00. The molecule has 2 saturated carbocycles. The van der Waals surface area contributed by atoms with Gasteiger partial charge in [0.2, 0.25) is 11.8 Å². The molecule has 0 aromatic carbocycles. The van der Waals surface area contributed by atoms with Crippen LogP contribution in [-0.2, 0) is 16.1 Å². The van der Waals surface area contributed by atoms with Crippen LogP contribution in [0.15, 0.2) is 5.38 Å². The van der Waals surface area contributed by atoms with E-state index in [1.165, 1.54) is 42.7 Å². The highest BCUT2D eigenvalue weighted by Crippen LogP contribution is 2.49. The summed E-state index contributed by atoms with van der Waals surface area (Å²) in [5.41, 5.74) is 0.845. The lowest BCUT2D eigenvalue weighted by atomic mass is 9.68. The number of hydrogen-bond acceptors (Lipinski definition) is 4. The Kier molecular flexibility index (Phi) is 3.56. The van der Waals surface area contributed by atoms with Crippen molar-refractivity contribution in [3.05, 3.63) is 16.1 Å². The number of nitrogens with zero attached hydrogens (tertiary/aromatic N) is 2. The molecule has 0 atom stereocenters. The maximum atomic E-state index is 12.5. The molecule has 0 unspecified atom stereocenters. The number of amides is 2. The third-order valence-corrected chi connectivity index (χ3v) is 6.54. The van der Waals surface area contributed by atoms with Crippen LogP contribution in [0.25, 0.3) is 0 Å². The second kappa shape index (κ2) is 5.44. The monoisotopic (exact) mass is 318 g/mol. The van der Waals surface area contributed by atoms with E-state index in [1.54, 1.807) is 11.3 Å². The molecule has 5 heteroatoms. The zero-order valence-electron chi connectivity index (χ0n) is 12.8. The predicted molar refractivity (Wildman–Crippen MR) is 84.4 cm³/mol. The van der Waals surface area contributed by atoms with Crippen molar-refractivity contribution in [2.75, 3.05) is 0 Å². The summed E-state index contributed by atoms with van der Waals surface area (Å²) in [5.74, 6) is 0.638. The van der Waals surface area contributed by atoms with Crippen molar-refractivity contribution in [2.24, 2.45) is 5.41 Å². The van der Waals surface area contributed by atoms with Crippen LogP contribution in [0.3, 0.4) is 0 Å². The number of likely N-dealkylation sites (tertiary alicyclic amines) is 1. The Labute approximate surface area is 134 Å². The van der Waals surface area contributed by atoms with E-state index in [1.807, 2.05) is 0 Å². The lowest BCUT2D eigenvalue weighted by molar-refractivity contribution is -0.144. The lowest BCUT2D eigenvalue weighted by Gasteiger charge is -2.34. The van der Waals surface area contributed by atoms with Crippen LogP contribution in [0.1, 0.15) is 74.4 Å². The molecule has 0 bridgehead atoms. The van der Waals surface area contributed by atoms with Crippen molar-refractivity contribution in [1.29, 1.82) is 0 Å². The normalized spacial score (nSPS) is 25.0. The molecule has 4 rings (SSSR count). The Morgan fingerprint density at radius 1 is 1.18 bits per heavy atom. The van der Waals surface area contributed by atoms with Crippen LogP contribution in [0, 0.1) is 5.41 Å². The summed E-state index contributed by atoms with van der Waals surface area (Å²) in [6, 6.07) is 0. The van der Waals surface area contributed by atoms with Gasteiger partial charge >= 0.3 is 0 Å². The first-order valence-electron chi connectivity index (χ1n) is 8.47. The van der Waals surface area contributed by atoms with Gasteiger partial charge in [0.15, 0.2) is 0 Å². The van der Waals surface area contributed by atoms with E-state index < -0.39 is 0 Å². The third kappa shape index (κ3) is 2.30. The molecule has 1 spiro atoms. The van der Waals surface area contributed by atoms with Gasteiger partial charge in [-0.3, -0.25) is 14.5 Å². The summed E-state index contributed by atoms with van der Waals surface area (Å²) in [4.78, 5) is 30.9. The number of carbonyl (C=O) groups is 2. The molecule has 1 aliphatic heterocycles. The van der Waals surface area contributed by atoms with Crippen LogP contribution >= 0.6 is 11.3 Å². The molecule has 0 radical (unpaired) electrons. The Bertz CT molecular complexity index is 600. The minimum absolute atomic E-state index is 0.000818. The highest BCUT2D eigenvalue weighted by atomic mass is 32.1. The van der Waals surface area contributed by atoms with Gasteiger partial charge in [-0.05, 0) is 25.7 Å². The second-order valence-corrected chi connectivity index (χ2v) is 8.04. The van der Waals surface area contributed by atoms with Crippen LogP contribution < -0.4 is 0 Å². The summed E-state index contributed by atoms with van der Waals surface area (Å²) in [5, 5.41) is 3.05. The Morgan fingerprint density at radius 3 is 2.59 bits per heavy atom. The summed E-state index contributed by atoms with van der Waals surface area (Å²) < 4.78 is 0. The quantitative estimate of drug-likeness (QED) is 0.800. The van der Waals surface area contributed by atoms with Gasteiger partial charge in [-0.15, -0.1) is 11.3 Å². The topological polar surface area (TPSA) is 50.3 Å². The Morgan fingerprint density at radius 2 is 1.95 bits per heavy atom. The first-order chi connectivity index (χ1) is 10.7. The van der Waals surface area contributed by atoms with Gasteiger partial charge in [-0.1, -0.05) is 25.7 Å². The second-order valence-electron chi connectivity index (χ2n) is 7.10. The maximum absolute atomic E-state index is 12.5. The van der Waals surface area contributed by atoms with E-state index in [0.717, 1.165) is 24.3 Å². The number of thiazole rings is 1. The molecule has 118 valence electrons.